The Morgan fingerprint density at radius 1 is 1.18 bits per heavy atom. The maximum atomic E-state index is 4.50. The lowest BCUT2D eigenvalue weighted by Crippen LogP contribution is -2.20. The fourth-order valence-corrected chi connectivity index (χ4v) is 4.23. The summed E-state index contributed by atoms with van der Waals surface area (Å²) in [5, 5.41) is 1.33. The third-order valence-corrected chi connectivity index (χ3v) is 5.62. The van der Waals surface area contributed by atoms with Gasteiger partial charge in [-0.15, -0.1) is 0 Å². The van der Waals surface area contributed by atoms with Crippen LogP contribution in [-0.2, 0) is 13.0 Å². The van der Waals surface area contributed by atoms with Crippen LogP contribution < -0.4 is 0 Å². The number of fused-ring (bicyclic) bond motifs is 1. The molecule has 0 radical (unpaired) electrons. The van der Waals surface area contributed by atoms with Crippen LogP contribution in [0, 0.1) is 12.8 Å². The Balaban J connectivity index is 1.25. The highest BCUT2D eigenvalue weighted by Gasteiger charge is 2.24. The molecule has 6 heteroatoms. The second-order valence-corrected chi connectivity index (χ2v) is 7.76. The standard InChI is InChI=1S/C22H24N6/c1-15-11-24-22(27-15)21-10-18(25-14-26-21)9-16-6-8-28(12-16)13-17-3-2-4-20-19(17)5-7-23-20/h2-5,7,10-11,14,16,23H,6,8-9,12-13H2,1H3,(H,24,27)/t16-/m1/s1. The number of imidazole rings is 1. The van der Waals surface area contributed by atoms with Gasteiger partial charge in [-0.1, -0.05) is 12.1 Å². The molecule has 28 heavy (non-hydrogen) atoms. The van der Waals surface area contributed by atoms with Gasteiger partial charge in [-0.05, 0) is 56.0 Å². The zero-order valence-corrected chi connectivity index (χ0v) is 16.0. The summed E-state index contributed by atoms with van der Waals surface area (Å²) in [6.45, 7) is 5.26. The number of rotatable bonds is 5. The van der Waals surface area contributed by atoms with Crippen LogP contribution in [0.25, 0.3) is 22.4 Å². The number of aromatic nitrogens is 5. The molecule has 1 fully saturated rings. The lowest BCUT2D eigenvalue weighted by Gasteiger charge is -2.17. The summed E-state index contributed by atoms with van der Waals surface area (Å²) in [6, 6.07) is 10.8. The number of benzene rings is 1. The maximum Gasteiger partial charge on any atom is 0.156 e. The highest BCUT2D eigenvalue weighted by atomic mass is 15.1. The Bertz CT molecular complexity index is 1100. The van der Waals surface area contributed by atoms with Crippen LogP contribution in [0.4, 0.5) is 0 Å². The molecular formula is C22H24N6. The Hall–Kier alpha value is -2.99. The minimum atomic E-state index is 0.631. The van der Waals surface area contributed by atoms with Crippen LogP contribution >= 0.6 is 0 Å². The molecule has 4 aromatic rings. The van der Waals surface area contributed by atoms with Crippen LogP contribution in [-0.4, -0.2) is 42.9 Å². The average Bonchev–Trinajstić information content (AvgIpc) is 3.44. The van der Waals surface area contributed by atoms with Crippen molar-refractivity contribution >= 4 is 10.9 Å². The van der Waals surface area contributed by atoms with Crippen molar-refractivity contribution in [1.82, 2.24) is 29.8 Å². The van der Waals surface area contributed by atoms with Crippen molar-refractivity contribution in [3.05, 3.63) is 66.0 Å². The molecule has 1 atom stereocenters. The highest BCUT2D eigenvalue weighted by Crippen LogP contribution is 2.25. The van der Waals surface area contributed by atoms with E-state index in [0.29, 0.717) is 5.92 Å². The zero-order valence-electron chi connectivity index (χ0n) is 16.0. The van der Waals surface area contributed by atoms with Crippen molar-refractivity contribution in [1.29, 1.82) is 0 Å². The Labute approximate surface area is 164 Å². The van der Waals surface area contributed by atoms with E-state index in [4.69, 9.17) is 0 Å². The first-order chi connectivity index (χ1) is 13.7. The van der Waals surface area contributed by atoms with Gasteiger partial charge in [0.05, 0.1) is 0 Å². The molecule has 1 aromatic carbocycles. The van der Waals surface area contributed by atoms with E-state index >= 15 is 0 Å². The van der Waals surface area contributed by atoms with Gasteiger partial charge >= 0.3 is 0 Å². The van der Waals surface area contributed by atoms with E-state index in [1.165, 1.54) is 22.9 Å². The van der Waals surface area contributed by atoms with Gasteiger partial charge in [-0.3, -0.25) is 4.90 Å². The highest BCUT2D eigenvalue weighted by molar-refractivity contribution is 5.82. The van der Waals surface area contributed by atoms with Crippen molar-refractivity contribution in [3.8, 4) is 11.5 Å². The molecule has 0 aliphatic carbocycles. The summed E-state index contributed by atoms with van der Waals surface area (Å²) in [5.74, 6) is 1.44. The number of hydrogen-bond donors (Lipinski definition) is 2. The third-order valence-electron chi connectivity index (χ3n) is 5.62. The molecule has 0 unspecified atom stereocenters. The van der Waals surface area contributed by atoms with Crippen molar-refractivity contribution in [3.63, 3.8) is 0 Å². The maximum absolute atomic E-state index is 4.50. The monoisotopic (exact) mass is 372 g/mol. The average molecular weight is 372 g/mol. The lowest BCUT2D eigenvalue weighted by molar-refractivity contribution is 0.317. The summed E-state index contributed by atoms with van der Waals surface area (Å²) in [7, 11) is 0. The van der Waals surface area contributed by atoms with Crippen molar-refractivity contribution in [2.24, 2.45) is 5.92 Å². The number of hydrogen-bond acceptors (Lipinski definition) is 4. The molecule has 0 bridgehead atoms. The first-order valence-corrected chi connectivity index (χ1v) is 9.85. The second kappa shape index (κ2) is 7.20. The van der Waals surface area contributed by atoms with E-state index in [9.17, 15) is 0 Å². The number of aryl methyl sites for hydroxylation is 1. The Morgan fingerprint density at radius 3 is 3.04 bits per heavy atom. The number of nitrogens with zero attached hydrogens (tertiary/aromatic N) is 4. The summed E-state index contributed by atoms with van der Waals surface area (Å²) < 4.78 is 0. The minimum absolute atomic E-state index is 0.631. The smallest absolute Gasteiger partial charge is 0.156 e. The molecule has 3 aromatic heterocycles. The number of likely N-dealkylation sites (tertiary alicyclic amines) is 1. The second-order valence-electron chi connectivity index (χ2n) is 7.76. The lowest BCUT2D eigenvalue weighted by atomic mass is 10.0. The first-order valence-electron chi connectivity index (χ1n) is 9.85. The Kier molecular flexibility index (Phi) is 4.41. The van der Waals surface area contributed by atoms with Crippen LogP contribution in [0.1, 0.15) is 23.4 Å². The molecule has 1 aliphatic heterocycles. The Morgan fingerprint density at radius 2 is 2.14 bits per heavy atom. The van der Waals surface area contributed by atoms with Crippen LogP contribution in [0.15, 0.2) is 49.1 Å². The molecule has 0 saturated carbocycles. The van der Waals surface area contributed by atoms with Crippen molar-refractivity contribution in [2.45, 2.75) is 26.3 Å². The topological polar surface area (TPSA) is 73.5 Å². The van der Waals surface area contributed by atoms with Gasteiger partial charge in [-0.2, -0.15) is 0 Å². The molecular weight excluding hydrogens is 348 g/mol. The van der Waals surface area contributed by atoms with E-state index < -0.39 is 0 Å². The predicted octanol–water partition coefficient (Wildman–Crippen LogP) is 3.72. The van der Waals surface area contributed by atoms with Crippen molar-refractivity contribution < 1.29 is 0 Å². The van der Waals surface area contributed by atoms with E-state index in [1.54, 1.807) is 6.33 Å². The predicted molar refractivity (Wildman–Crippen MR) is 110 cm³/mol. The normalized spacial score (nSPS) is 17.5. The largest absolute Gasteiger partial charge is 0.361 e. The van der Waals surface area contributed by atoms with Crippen LogP contribution in [0.5, 0.6) is 0 Å². The number of nitrogens with one attached hydrogen (secondary N) is 2. The van der Waals surface area contributed by atoms with E-state index in [1.807, 2.05) is 19.3 Å². The summed E-state index contributed by atoms with van der Waals surface area (Å²) in [5.41, 5.74) is 5.62. The minimum Gasteiger partial charge on any atom is -0.361 e. The van der Waals surface area contributed by atoms with Gasteiger partial charge < -0.3 is 9.97 Å². The van der Waals surface area contributed by atoms with Gasteiger partial charge in [0.15, 0.2) is 5.82 Å². The fourth-order valence-electron chi connectivity index (χ4n) is 4.23. The van der Waals surface area contributed by atoms with Crippen molar-refractivity contribution in [2.75, 3.05) is 13.1 Å². The molecule has 6 nitrogen and oxygen atoms in total. The van der Waals surface area contributed by atoms with E-state index in [-0.39, 0.29) is 0 Å². The summed E-state index contributed by atoms with van der Waals surface area (Å²) >= 11 is 0. The van der Waals surface area contributed by atoms with Crippen LogP contribution in [0.3, 0.4) is 0 Å². The number of aromatic amines is 2. The van der Waals surface area contributed by atoms with Crippen LogP contribution in [0.2, 0.25) is 0 Å². The first kappa shape index (κ1) is 17.1. The zero-order chi connectivity index (χ0) is 18.9. The molecule has 4 heterocycles. The van der Waals surface area contributed by atoms with Gasteiger partial charge in [0.25, 0.3) is 0 Å². The molecule has 5 rings (SSSR count). The SMILES string of the molecule is Cc1cnc(-c2cc(C[C@H]3CCN(Cc4cccc5[nH]ccc45)C3)ncn2)[nH]1. The number of H-pyrrole nitrogens is 2. The molecule has 2 N–H and O–H groups in total. The van der Waals surface area contributed by atoms with Gasteiger partial charge in [0.1, 0.15) is 12.0 Å². The molecule has 0 amide bonds. The molecule has 1 saturated heterocycles. The van der Waals surface area contributed by atoms with Gasteiger partial charge in [0.2, 0.25) is 0 Å². The fraction of sp³-hybridized carbons (Fsp3) is 0.318. The quantitative estimate of drug-likeness (QED) is 0.560. The summed E-state index contributed by atoms with van der Waals surface area (Å²) in [6.07, 6.45) is 7.70. The summed E-state index contributed by atoms with van der Waals surface area (Å²) in [4.78, 5) is 22.4. The molecule has 142 valence electrons. The van der Waals surface area contributed by atoms with E-state index in [0.717, 1.165) is 49.0 Å². The van der Waals surface area contributed by atoms with E-state index in [2.05, 4.69) is 60.2 Å². The third kappa shape index (κ3) is 3.43. The molecule has 1 aliphatic rings. The van der Waals surface area contributed by atoms with Gasteiger partial charge in [-0.25, -0.2) is 15.0 Å². The molecule has 0 spiro atoms. The van der Waals surface area contributed by atoms with Gasteiger partial charge in [0, 0.05) is 47.8 Å².